The van der Waals surface area contributed by atoms with Gasteiger partial charge < -0.3 is 4.90 Å². The van der Waals surface area contributed by atoms with E-state index in [0.29, 0.717) is 0 Å². The zero-order chi connectivity index (χ0) is 18.2. The zero-order valence-electron chi connectivity index (χ0n) is 14.5. The maximum atomic E-state index is 6.19. The fraction of sp³-hybridized carbons (Fsp3) is 0. The highest BCUT2D eigenvalue weighted by molar-refractivity contribution is 7.25. The van der Waals surface area contributed by atoms with Crippen LogP contribution in [0, 0.1) is 0 Å². The Morgan fingerprint density at radius 2 is 1.11 bits per heavy atom. The van der Waals surface area contributed by atoms with Gasteiger partial charge in [0.15, 0.2) is 0 Å². The molecule has 0 saturated heterocycles. The molecule has 0 atom stereocenters. The molecule has 1 heterocycles. The van der Waals surface area contributed by atoms with Gasteiger partial charge >= 0.3 is 0 Å². The molecular weight excluding hydrogens is 370 g/mol. The van der Waals surface area contributed by atoms with E-state index in [1.54, 1.807) is 11.3 Å². The number of hydrogen-bond donors (Lipinski definition) is 0. The minimum absolute atomic E-state index is 0.782. The quantitative estimate of drug-likeness (QED) is 0.302. The maximum absolute atomic E-state index is 6.19. The molecule has 1 aromatic heterocycles. The smallest absolute Gasteiger partial charge is 0.0476 e. The largest absolute Gasteiger partial charge is 0.310 e. The fourth-order valence-corrected chi connectivity index (χ4v) is 4.90. The van der Waals surface area contributed by atoms with Gasteiger partial charge in [-0.15, -0.1) is 11.3 Å². The third-order valence-corrected chi connectivity index (χ3v) is 6.06. The number of fused-ring (bicyclic) bond motifs is 3. The molecule has 0 bridgehead atoms. The molecule has 0 aliphatic rings. The first kappa shape index (κ1) is 16.4. The van der Waals surface area contributed by atoms with Gasteiger partial charge in [-0.1, -0.05) is 60.1 Å². The lowest BCUT2D eigenvalue weighted by molar-refractivity contribution is 1.29. The van der Waals surface area contributed by atoms with Crippen LogP contribution >= 0.6 is 22.9 Å². The summed E-state index contributed by atoms with van der Waals surface area (Å²) in [5.74, 6) is 0. The predicted molar refractivity (Wildman–Crippen MR) is 119 cm³/mol. The molecular formula is C24H16ClNS. The minimum Gasteiger partial charge on any atom is -0.310 e. The van der Waals surface area contributed by atoms with Crippen LogP contribution in [0.3, 0.4) is 0 Å². The molecule has 0 aliphatic heterocycles. The van der Waals surface area contributed by atoms with Crippen molar-refractivity contribution in [3.8, 4) is 0 Å². The van der Waals surface area contributed by atoms with Crippen LogP contribution in [0.15, 0.2) is 97.1 Å². The molecule has 0 fully saturated rings. The van der Waals surface area contributed by atoms with Crippen molar-refractivity contribution in [2.75, 3.05) is 4.90 Å². The molecule has 0 radical (unpaired) electrons. The Bertz CT molecular complexity index is 1190. The first-order chi connectivity index (χ1) is 13.3. The van der Waals surface area contributed by atoms with Crippen molar-refractivity contribution < 1.29 is 0 Å². The van der Waals surface area contributed by atoms with Crippen LogP contribution in [0.25, 0.3) is 20.2 Å². The summed E-state index contributed by atoms with van der Waals surface area (Å²) in [6.07, 6.45) is 0. The second kappa shape index (κ2) is 6.73. The highest BCUT2D eigenvalue weighted by Crippen LogP contribution is 2.40. The Kier molecular flexibility index (Phi) is 4.08. The summed E-state index contributed by atoms with van der Waals surface area (Å²) in [4.78, 5) is 2.29. The van der Waals surface area contributed by atoms with Crippen LogP contribution in [0.5, 0.6) is 0 Å². The molecule has 5 aromatic rings. The number of nitrogens with zero attached hydrogens (tertiary/aromatic N) is 1. The molecule has 5 rings (SSSR count). The van der Waals surface area contributed by atoms with Gasteiger partial charge in [0, 0.05) is 42.3 Å². The summed E-state index contributed by atoms with van der Waals surface area (Å²) in [6.45, 7) is 0. The Hall–Kier alpha value is -2.81. The molecule has 0 N–H and O–H groups in total. The first-order valence-corrected chi connectivity index (χ1v) is 10.0. The van der Waals surface area contributed by atoms with Gasteiger partial charge in [0.1, 0.15) is 0 Å². The second-order valence-corrected chi connectivity index (χ2v) is 7.95. The summed E-state index contributed by atoms with van der Waals surface area (Å²) in [5.41, 5.74) is 3.44. The highest BCUT2D eigenvalue weighted by atomic mass is 35.5. The van der Waals surface area contributed by atoms with Crippen molar-refractivity contribution in [1.82, 2.24) is 0 Å². The van der Waals surface area contributed by atoms with E-state index in [-0.39, 0.29) is 0 Å². The van der Waals surface area contributed by atoms with E-state index >= 15 is 0 Å². The molecule has 0 spiro atoms. The van der Waals surface area contributed by atoms with Gasteiger partial charge in [0.25, 0.3) is 0 Å². The van der Waals surface area contributed by atoms with Crippen LogP contribution in [-0.2, 0) is 0 Å². The number of thiophene rings is 1. The molecule has 0 unspecified atom stereocenters. The van der Waals surface area contributed by atoms with Crippen LogP contribution in [0.2, 0.25) is 5.02 Å². The Morgan fingerprint density at radius 3 is 1.74 bits per heavy atom. The topological polar surface area (TPSA) is 3.24 Å². The Morgan fingerprint density at radius 1 is 0.556 bits per heavy atom. The normalized spacial score (nSPS) is 11.1. The van der Waals surface area contributed by atoms with Gasteiger partial charge in [-0.2, -0.15) is 0 Å². The molecule has 0 aliphatic carbocycles. The van der Waals surface area contributed by atoms with Gasteiger partial charge in [0.05, 0.1) is 0 Å². The van der Waals surface area contributed by atoms with Crippen molar-refractivity contribution in [2.24, 2.45) is 0 Å². The van der Waals surface area contributed by atoms with Crippen LogP contribution < -0.4 is 4.90 Å². The van der Waals surface area contributed by atoms with E-state index in [9.17, 15) is 0 Å². The number of hydrogen-bond acceptors (Lipinski definition) is 2. The molecule has 4 aromatic carbocycles. The molecule has 3 heteroatoms. The number of benzene rings is 4. The van der Waals surface area contributed by atoms with Crippen LogP contribution in [0.1, 0.15) is 0 Å². The van der Waals surface area contributed by atoms with E-state index in [1.165, 1.54) is 20.2 Å². The lowest BCUT2D eigenvalue weighted by Crippen LogP contribution is -2.09. The zero-order valence-corrected chi connectivity index (χ0v) is 16.0. The lowest BCUT2D eigenvalue weighted by Gasteiger charge is -2.25. The summed E-state index contributed by atoms with van der Waals surface area (Å²) in [6, 6.07) is 33.8. The Labute approximate surface area is 167 Å². The average Bonchev–Trinajstić information content (AvgIpc) is 3.06. The first-order valence-electron chi connectivity index (χ1n) is 8.82. The summed E-state index contributed by atoms with van der Waals surface area (Å²) < 4.78 is 2.49. The molecule has 130 valence electrons. The predicted octanol–water partition coefficient (Wildman–Crippen LogP) is 8.18. The number of anilines is 3. The highest BCUT2D eigenvalue weighted by Gasteiger charge is 2.14. The van der Waals surface area contributed by atoms with Gasteiger partial charge in [-0.05, 0) is 48.5 Å². The molecule has 1 nitrogen and oxygen atoms in total. The number of rotatable bonds is 3. The maximum Gasteiger partial charge on any atom is 0.0476 e. The number of halogens is 1. The van der Waals surface area contributed by atoms with E-state index in [0.717, 1.165) is 22.1 Å². The molecule has 0 saturated carbocycles. The fourth-order valence-electron chi connectivity index (χ4n) is 3.48. The lowest BCUT2D eigenvalue weighted by atomic mass is 10.1. The van der Waals surface area contributed by atoms with Crippen LogP contribution in [-0.4, -0.2) is 0 Å². The SMILES string of the molecule is Clc1ccc2c(c1)sc1cc(N(c3ccccc3)c3ccccc3)ccc12. The van der Waals surface area contributed by atoms with E-state index in [4.69, 9.17) is 11.6 Å². The summed E-state index contributed by atoms with van der Waals surface area (Å²) in [7, 11) is 0. The molecule has 27 heavy (non-hydrogen) atoms. The van der Waals surface area contributed by atoms with Gasteiger partial charge in [-0.25, -0.2) is 0 Å². The third kappa shape index (κ3) is 2.97. The summed E-state index contributed by atoms with van der Waals surface area (Å²) in [5, 5.41) is 3.32. The Balaban J connectivity index is 1.71. The van der Waals surface area contributed by atoms with Gasteiger partial charge in [-0.3, -0.25) is 0 Å². The number of para-hydroxylation sites is 2. The van der Waals surface area contributed by atoms with Crippen molar-refractivity contribution >= 4 is 60.2 Å². The average molecular weight is 386 g/mol. The van der Waals surface area contributed by atoms with Crippen molar-refractivity contribution in [3.05, 3.63) is 102 Å². The van der Waals surface area contributed by atoms with Crippen LogP contribution in [0.4, 0.5) is 17.1 Å². The van der Waals surface area contributed by atoms with Crippen molar-refractivity contribution in [2.45, 2.75) is 0 Å². The monoisotopic (exact) mass is 385 g/mol. The van der Waals surface area contributed by atoms with Gasteiger partial charge in [0.2, 0.25) is 0 Å². The van der Waals surface area contributed by atoms with Crippen molar-refractivity contribution in [3.63, 3.8) is 0 Å². The standard InChI is InChI=1S/C24H16ClNS/c25-17-11-13-21-22-14-12-20(16-24(22)27-23(21)15-17)26(18-7-3-1-4-8-18)19-9-5-2-6-10-19/h1-16H. The minimum atomic E-state index is 0.782. The molecule has 0 amide bonds. The van der Waals surface area contributed by atoms with E-state index in [2.05, 4.69) is 77.7 Å². The second-order valence-electron chi connectivity index (χ2n) is 6.43. The third-order valence-electron chi connectivity index (χ3n) is 4.71. The van der Waals surface area contributed by atoms with E-state index in [1.807, 2.05) is 24.3 Å². The summed E-state index contributed by atoms with van der Waals surface area (Å²) >= 11 is 7.97. The van der Waals surface area contributed by atoms with Crippen molar-refractivity contribution in [1.29, 1.82) is 0 Å². The van der Waals surface area contributed by atoms with E-state index < -0.39 is 0 Å².